The summed E-state index contributed by atoms with van der Waals surface area (Å²) in [5.41, 5.74) is 0.961. The quantitative estimate of drug-likeness (QED) is 0.371. The van der Waals surface area contributed by atoms with Gasteiger partial charge in [-0.1, -0.05) is 20.8 Å². The SMILES string of the molecule is CC[Si](CC)(CC)OC1=C[C@H](OC)O[C@H](c2ccc([N+](=O)[O-])cc2)C1. The minimum atomic E-state index is -1.77. The van der Waals surface area contributed by atoms with Gasteiger partial charge in [-0.15, -0.1) is 0 Å². The maximum absolute atomic E-state index is 10.8. The first-order valence-electron chi connectivity index (χ1n) is 8.79. The van der Waals surface area contributed by atoms with Gasteiger partial charge in [0.05, 0.1) is 16.8 Å². The van der Waals surface area contributed by atoms with Gasteiger partial charge in [0.15, 0.2) is 6.29 Å². The Bertz CT molecular complexity index is 604. The topological polar surface area (TPSA) is 70.8 Å². The lowest BCUT2D eigenvalue weighted by Crippen LogP contribution is -2.37. The fourth-order valence-electron chi connectivity index (χ4n) is 3.10. The molecule has 0 saturated heterocycles. The second-order valence-corrected chi connectivity index (χ2v) is 11.0. The van der Waals surface area contributed by atoms with Crippen molar-refractivity contribution in [3.05, 3.63) is 51.8 Å². The highest BCUT2D eigenvalue weighted by Gasteiger charge is 2.34. The number of hydrogen-bond acceptors (Lipinski definition) is 5. The summed E-state index contributed by atoms with van der Waals surface area (Å²) < 4.78 is 17.8. The third kappa shape index (κ3) is 4.68. The third-order valence-electron chi connectivity index (χ3n) is 5.00. The zero-order valence-electron chi connectivity index (χ0n) is 15.4. The van der Waals surface area contributed by atoms with Gasteiger partial charge in [0.1, 0.15) is 0 Å². The summed E-state index contributed by atoms with van der Waals surface area (Å²) in [4.78, 5) is 10.4. The van der Waals surface area contributed by atoms with Crippen molar-refractivity contribution >= 4 is 14.0 Å². The van der Waals surface area contributed by atoms with Crippen LogP contribution in [0.15, 0.2) is 36.1 Å². The molecular formula is C18H27NO5Si. The molecule has 0 N–H and O–H groups in total. The van der Waals surface area contributed by atoms with Crippen molar-refractivity contribution < 1.29 is 18.8 Å². The first-order chi connectivity index (χ1) is 12.0. The van der Waals surface area contributed by atoms with E-state index in [0.717, 1.165) is 29.5 Å². The molecule has 0 unspecified atom stereocenters. The summed E-state index contributed by atoms with van der Waals surface area (Å²) in [6, 6.07) is 9.68. The van der Waals surface area contributed by atoms with E-state index in [-0.39, 0.29) is 11.8 Å². The number of nitrogens with zero attached hydrogens (tertiary/aromatic N) is 1. The number of benzene rings is 1. The lowest BCUT2D eigenvalue weighted by molar-refractivity contribution is -0.384. The number of nitro groups is 1. The largest absolute Gasteiger partial charge is 0.546 e. The van der Waals surface area contributed by atoms with Crippen LogP contribution in [0.3, 0.4) is 0 Å². The average molecular weight is 366 g/mol. The highest BCUT2D eigenvalue weighted by Crippen LogP contribution is 2.36. The van der Waals surface area contributed by atoms with E-state index in [1.165, 1.54) is 12.1 Å². The Kier molecular flexibility index (Phi) is 6.75. The van der Waals surface area contributed by atoms with E-state index in [1.54, 1.807) is 19.2 Å². The number of non-ortho nitro benzene ring substituents is 1. The molecule has 0 saturated carbocycles. The van der Waals surface area contributed by atoms with Gasteiger partial charge in [-0.05, 0) is 35.8 Å². The van der Waals surface area contributed by atoms with Crippen LogP contribution in [0.25, 0.3) is 0 Å². The predicted molar refractivity (Wildman–Crippen MR) is 98.7 cm³/mol. The van der Waals surface area contributed by atoms with Gasteiger partial charge in [0, 0.05) is 31.7 Å². The molecule has 25 heavy (non-hydrogen) atoms. The smallest absolute Gasteiger partial charge is 0.269 e. The molecule has 6 nitrogen and oxygen atoms in total. The Labute approximate surface area is 150 Å². The van der Waals surface area contributed by atoms with E-state index in [9.17, 15) is 10.1 Å². The molecule has 7 heteroatoms. The summed E-state index contributed by atoms with van der Waals surface area (Å²) in [5, 5.41) is 10.8. The van der Waals surface area contributed by atoms with E-state index in [2.05, 4.69) is 20.8 Å². The molecule has 1 aromatic carbocycles. The number of nitro benzene ring substituents is 1. The minimum absolute atomic E-state index is 0.0734. The Balaban J connectivity index is 2.20. The first-order valence-corrected chi connectivity index (χ1v) is 11.3. The van der Waals surface area contributed by atoms with E-state index >= 15 is 0 Å². The Morgan fingerprint density at radius 3 is 2.28 bits per heavy atom. The van der Waals surface area contributed by atoms with Gasteiger partial charge >= 0.3 is 0 Å². The molecule has 1 aromatic rings. The second kappa shape index (κ2) is 8.60. The normalized spacial score (nSPS) is 20.9. The van der Waals surface area contributed by atoms with Gasteiger partial charge in [0.25, 0.3) is 5.69 Å². The summed E-state index contributed by atoms with van der Waals surface area (Å²) in [6.45, 7) is 6.59. The molecule has 0 radical (unpaired) electrons. The highest BCUT2D eigenvalue weighted by atomic mass is 28.4. The number of hydrogen-bond donors (Lipinski definition) is 0. The molecule has 2 atom stereocenters. The van der Waals surface area contributed by atoms with Crippen LogP contribution >= 0.6 is 0 Å². The van der Waals surface area contributed by atoms with Crippen LogP contribution in [0, 0.1) is 10.1 Å². The molecular weight excluding hydrogens is 338 g/mol. The Morgan fingerprint density at radius 2 is 1.80 bits per heavy atom. The molecule has 1 aliphatic rings. The molecule has 0 aromatic heterocycles. The van der Waals surface area contributed by atoms with Crippen molar-refractivity contribution in [1.29, 1.82) is 0 Å². The maximum Gasteiger partial charge on any atom is 0.269 e. The van der Waals surface area contributed by atoms with Gasteiger partial charge in [-0.2, -0.15) is 0 Å². The zero-order chi connectivity index (χ0) is 18.4. The standard InChI is InChI=1S/C18H27NO5Si/c1-5-25(6-2,7-3)24-16-12-17(23-18(13-16)22-4)14-8-10-15(11-9-14)19(20)21/h8-11,13,17-18H,5-7,12H2,1-4H3/t17-,18+/m0/s1. The summed E-state index contributed by atoms with van der Waals surface area (Å²) in [5.74, 6) is 0.915. The minimum Gasteiger partial charge on any atom is -0.546 e. The van der Waals surface area contributed by atoms with Crippen molar-refractivity contribution in [2.75, 3.05) is 7.11 Å². The van der Waals surface area contributed by atoms with Gasteiger partial charge in [-0.25, -0.2) is 0 Å². The lowest BCUT2D eigenvalue weighted by atomic mass is 10.0. The highest BCUT2D eigenvalue weighted by molar-refractivity contribution is 6.73. The second-order valence-electron chi connectivity index (χ2n) is 6.26. The maximum atomic E-state index is 10.8. The van der Waals surface area contributed by atoms with Crippen LogP contribution in [0.5, 0.6) is 0 Å². The molecule has 0 bridgehead atoms. The van der Waals surface area contributed by atoms with Gasteiger partial charge in [0.2, 0.25) is 8.32 Å². The monoisotopic (exact) mass is 365 g/mol. The van der Waals surface area contributed by atoms with Gasteiger partial charge in [-0.3, -0.25) is 10.1 Å². The number of ether oxygens (including phenoxy) is 2. The Morgan fingerprint density at radius 1 is 1.20 bits per heavy atom. The zero-order valence-corrected chi connectivity index (χ0v) is 16.4. The van der Waals surface area contributed by atoms with E-state index in [0.29, 0.717) is 6.42 Å². The predicted octanol–water partition coefficient (Wildman–Crippen LogP) is 4.93. The van der Waals surface area contributed by atoms with Crippen LogP contribution in [-0.4, -0.2) is 26.6 Å². The molecule has 2 rings (SSSR count). The van der Waals surface area contributed by atoms with Crippen molar-refractivity contribution in [3.63, 3.8) is 0 Å². The van der Waals surface area contributed by atoms with Crippen molar-refractivity contribution in [3.8, 4) is 0 Å². The lowest BCUT2D eigenvalue weighted by Gasteiger charge is -2.35. The van der Waals surface area contributed by atoms with Gasteiger partial charge < -0.3 is 13.9 Å². The molecule has 138 valence electrons. The summed E-state index contributed by atoms with van der Waals surface area (Å²) >= 11 is 0. The van der Waals surface area contributed by atoms with E-state index < -0.39 is 19.5 Å². The van der Waals surface area contributed by atoms with Crippen LogP contribution < -0.4 is 0 Å². The molecule has 0 amide bonds. The van der Waals surface area contributed by atoms with E-state index in [1.807, 2.05) is 6.08 Å². The third-order valence-corrected chi connectivity index (χ3v) is 9.56. The van der Waals surface area contributed by atoms with Crippen LogP contribution in [-0.2, 0) is 13.9 Å². The molecule has 0 spiro atoms. The average Bonchev–Trinajstić information content (AvgIpc) is 2.66. The van der Waals surface area contributed by atoms with Crippen LogP contribution in [0.4, 0.5) is 5.69 Å². The van der Waals surface area contributed by atoms with E-state index in [4.69, 9.17) is 13.9 Å². The molecule has 0 aliphatic carbocycles. The first kappa shape index (κ1) is 19.6. The number of rotatable bonds is 8. The molecule has 0 fully saturated rings. The van der Waals surface area contributed by atoms with Crippen molar-refractivity contribution in [1.82, 2.24) is 0 Å². The number of methoxy groups -OCH3 is 1. The summed E-state index contributed by atoms with van der Waals surface area (Å²) in [6.07, 6.45) is 1.82. The van der Waals surface area contributed by atoms with Crippen molar-refractivity contribution in [2.24, 2.45) is 0 Å². The molecule has 1 heterocycles. The molecule has 1 aliphatic heterocycles. The fourth-order valence-corrected chi connectivity index (χ4v) is 5.74. The van der Waals surface area contributed by atoms with Crippen LogP contribution in [0.2, 0.25) is 18.1 Å². The van der Waals surface area contributed by atoms with Crippen molar-refractivity contribution in [2.45, 2.75) is 57.7 Å². The Hall–Kier alpha value is -1.70. The fraction of sp³-hybridized carbons (Fsp3) is 0.556. The summed E-state index contributed by atoms with van der Waals surface area (Å²) in [7, 11) is -0.172. The van der Waals surface area contributed by atoms with Crippen LogP contribution in [0.1, 0.15) is 38.9 Å².